The van der Waals surface area contributed by atoms with Gasteiger partial charge in [0.15, 0.2) is 17.3 Å². The highest BCUT2D eigenvalue weighted by molar-refractivity contribution is 6.06. The Bertz CT molecular complexity index is 2810. The fraction of sp³-hybridized carbons (Fsp3) is 0.795. The van der Waals surface area contributed by atoms with Crippen LogP contribution in [-0.4, -0.2) is 28.2 Å². The third-order valence-corrected chi connectivity index (χ3v) is 23.6. The van der Waals surface area contributed by atoms with Crippen LogP contribution in [0.5, 0.6) is 28.7 Å². The number of nitrogens with zero attached hydrogens (tertiary/aromatic N) is 1. The summed E-state index contributed by atoms with van der Waals surface area (Å²) in [5, 5.41) is 11.6. The summed E-state index contributed by atoms with van der Waals surface area (Å²) in [6.45, 7) is 48.4. The van der Waals surface area contributed by atoms with E-state index in [-0.39, 0.29) is 28.7 Å². The molecule has 0 amide bonds. The van der Waals surface area contributed by atoms with Crippen molar-refractivity contribution in [2.75, 3.05) is 0 Å². The molecular formula is C88H145NO6. The van der Waals surface area contributed by atoms with Crippen molar-refractivity contribution in [3.05, 3.63) is 63.4 Å². The molecule has 6 rings (SSSR count). The van der Waals surface area contributed by atoms with E-state index in [4.69, 9.17) is 23.7 Å². The van der Waals surface area contributed by atoms with E-state index in [0.29, 0.717) is 42.1 Å². The number of benzene rings is 2. The molecule has 0 N–H and O–H groups in total. The molecule has 1 saturated heterocycles. The molecule has 11 atom stereocenters. The first-order valence-electron chi connectivity index (χ1n) is 39.9. The molecule has 1 aliphatic carbocycles. The molecule has 0 aromatic heterocycles. The van der Waals surface area contributed by atoms with Crippen LogP contribution in [0.4, 0.5) is 0 Å². The number of fused-ring (bicyclic) bond motifs is 3. The topological polar surface area (TPSA) is 87.0 Å². The van der Waals surface area contributed by atoms with Crippen LogP contribution >= 0.6 is 0 Å². The lowest BCUT2D eigenvalue weighted by Crippen LogP contribution is -2.60. The summed E-state index contributed by atoms with van der Waals surface area (Å²) >= 11 is 0. The average molecular weight is 1310 g/mol. The maximum atomic E-state index is 15.1. The highest BCUT2D eigenvalue weighted by Gasteiger charge is 2.61. The number of allylic oxidation sites excluding steroid dienone is 1. The molecule has 0 spiro atoms. The summed E-state index contributed by atoms with van der Waals surface area (Å²) in [6, 6.07) is 9.19. The van der Waals surface area contributed by atoms with Gasteiger partial charge in [-0.15, -0.1) is 0 Å². The Labute approximate surface area is 585 Å². The number of nitriles is 1. The van der Waals surface area contributed by atoms with Gasteiger partial charge in [-0.1, -0.05) is 244 Å². The van der Waals surface area contributed by atoms with Crippen molar-refractivity contribution in [2.45, 2.75) is 386 Å². The molecule has 2 aromatic rings. The first kappa shape index (κ1) is 80.2. The number of aryl methyl sites for hydroxylation is 2. The van der Waals surface area contributed by atoms with Crippen LogP contribution in [0.2, 0.25) is 0 Å². The van der Waals surface area contributed by atoms with Crippen LogP contribution in [0.1, 0.15) is 359 Å². The minimum absolute atomic E-state index is 0.194. The molecule has 1 fully saturated rings. The normalized spacial score (nSPS) is 23.8. The molecule has 7 heteroatoms. The van der Waals surface area contributed by atoms with E-state index in [1.54, 1.807) is 6.08 Å². The van der Waals surface area contributed by atoms with Crippen LogP contribution < -0.4 is 18.9 Å². The van der Waals surface area contributed by atoms with E-state index >= 15 is 4.79 Å². The van der Waals surface area contributed by atoms with Crippen molar-refractivity contribution in [2.24, 2.45) is 64.6 Å². The van der Waals surface area contributed by atoms with E-state index in [1.165, 1.54) is 128 Å². The average Bonchev–Trinajstić information content (AvgIpc) is 0.704. The summed E-state index contributed by atoms with van der Waals surface area (Å²) in [6.07, 6.45) is 40.6. The predicted octanol–water partition coefficient (Wildman–Crippen LogP) is 26.6. The molecule has 3 heterocycles. The second kappa shape index (κ2) is 37.1. The smallest absolute Gasteiger partial charge is 0.221 e. The maximum Gasteiger partial charge on any atom is 0.221 e. The number of hydrogen-bond donors (Lipinski definition) is 0. The highest BCUT2D eigenvalue weighted by atomic mass is 16.5. The largest absolute Gasteiger partial charge is 0.487 e. The Kier molecular flexibility index (Phi) is 31.3. The third-order valence-electron chi connectivity index (χ3n) is 23.6. The molecule has 538 valence electrons. The summed E-state index contributed by atoms with van der Waals surface area (Å²) in [5.74, 6) is 10.7. The van der Waals surface area contributed by atoms with Gasteiger partial charge >= 0.3 is 0 Å². The second-order valence-electron chi connectivity index (χ2n) is 35.7. The van der Waals surface area contributed by atoms with Gasteiger partial charge < -0.3 is 23.7 Å². The van der Waals surface area contributed by atoms with E-state index in [2.05, 4.69) is 163 Å². The fourth-order valence-corrected chi connectivity index (χ4v) is 17.3. The van der Waals surface area contributed by atoms with Gasteiger partial charge in [0, 0.05) is 16.7 Å². The van der Waals surface area contributed by atoms with Crippen molar-refractivity contribution in [1.29, 1.82) is 5.26 Å². The highest BCUT2D eigenvalue weighted by Crippen LogP contribution is 2.59. The molecule has 3 aliphatic heterocycles. The molecule has 4 aliphatic rings. The van der Waals surface area contributed by atoms with Gasteiger partial charge in [-0.3, -0.25) is 4.79 Å². The minimum Gasteiger partial charge on any atom is -0.487 e. The van der Waals surface area contributed by atoms with Gasteiger partial charge in [-0.05, 0) is 220 Å². The van der Waals surface area contributed by atoms with Gasteiger partial charge in [0.1, 0.15) is 34.1 Å². The Morgan fingerprint density at radius 3 is 1.29 bits per heavy atom. The lowest BCUT2D eigenvalue weighted by atomic mass is 9.58. The van der Waals surface area contributed by atoms with Gasteiger partial charge in [0.25, 0.3) is 0 Å². The first-order valence-corrected chi connectivity index (χ1v) is 39.9. The Balaban J connectivity index is 1.29. The number of hydrogen-bond acceptors (Lipinski definition) is 7. The number of carbonyl (C=O) groups is 1. The van der Waals surface area contributed by atoms with E-state index < -0.39 is 16.6 Å². The standard InChI is InChI=1S/C88H145NO6/c1-61(2)31-22-34-65(9)37-25-40-68(12)43-28-51-85(19)54-48-74-78(47-46-71(15)80(74)93-85)91-82-75-49-55-86(20,52-29-44-69(13)41-26-38-66(10)35-23-32-62(3)4)94-81(75)72(16)57-79(82)92-83-76-50-56-87(21,53-30-45-70(14)42-27-39-67(11)36-24-33-63(5)6)95-88(76,73(17)58-77(83)90)84(18,60-89)59-64(7)8/h46-47,57-58,61-70H,22-45,48-56,59H2,1-21H3/t65-,66-,67-,68-,69-,70-,84?,85-,86-,87-,88?/m1/s1. The SMILES string of the molecule is CC1=CC(=O)C(Oc2cc(C)c3c(c2Oc2ccc(C)c4c2CC[C@@](C)(CCC[C@H](C)CCC[C@H](C)CCCC(C)C)O4)CC[C@@](C)(CCC[C@H](C)CCC[C@H](C)CCCC(C)C)O3)=C2CC[C@@](C)(CCC[C@H](C)CCC[C@H](C)CCCC(C)C)OC12C(C)(C#N)CC(C)C. The summed E-state index contributed by atoms with van der Waals surface area (Å²) in [5.41, 5.74) is 2.40. The Morgan fingerprint density at radius 1 is 0.484 bits per heavy atom. The van der Waals surface area contributed by atoms with E-state index in [0.717, 1.165) is 163 Å². The van der Waals surface area contributed by atoms with E-state index in [9.17, 15) is 5.26 Å². The van der Waals surface area contributed by atoms with Crippen molar-refractivity contribution in [1.82, 2.24) is 0 Å². The predicted molar refractivity (Wildman–Crippen MR) is 402 cm³/mol. The molecule has 2 aromatic carbocycles. The quantitative estimate of drug-likeness (QED) is 0.0654. The summed E-state index contributed by atoms with van der Waals surface area (Å²) in [4.78, 5) is 15.1. The lowest BCUT2D eigenvalue weighted by molar-refractivity contribution is -0.182. The van der Waals surface area contributed by atoms with Crippen LogP contribution in [0.25, 0.3) is 0 Å². The van der Waals surface area contributed by atoms with Crippen molar-refractivity contribution in [3.63, 3.8) is 0 Å². The molecule has 0 bridgehead atoms. The molecule has 95 heavy (non-hydrogen) atoms. The van der Waals surface area contributed by atoms with Gasteiger partial charge in [0.05, 0.1) is 17.1 Å². The fourth-order valence-electron chi connectivity index (χ4n) is 17.3. The Hall–Kier alpha value is -3.76. The second-order valence-corrected chi connectivity index (χ2v) is 35.7. The number of ketones is 1. The summed E-state index contributed by atoms with van der Waals surface area (Å²) in [7, 11) is 0. The number of ether oxygens (including phenoxy) is 5. The lowest BCUT2D eigenvalue weighted by Gasteiger charge is -2.56. The Morgan fingerprint density at radius 2 is 0.874 bits per heavy atom. The van der Waals surface area contributed by atoms with E-state index in [1.807, 2.05) is 6.92 Å². The zero-order valence-electron chi connectivity index (χ0n) is 65.5. The van der Waals surface area contributed by atoms with Crippen LogP contribution in [0.15, 0.2) is 41.2 Å². The van der Waals surface area contributed by atoms with Gasteiger partial charge in [0.2, 0.25) is 5.78 Å². The van der Waals surface area contributed by atoms with Gasteiger partial charge in [-0.2, -0.15) is 5.26 Å². The molecule has 2 unspecified atom stereocenters. The van der Waals surface area contributed by atoms with Gasteiger partial charge in [-0.25, -0.2) is 0 Å². The molecule has 7 nitrogen and oxygen atoms in total. The number of carbonyl (C=O) groups excluding carboxylic acids is 1. The number of rotatable bonds is 43. The van der Waals surface area contributed by atoms with Crippen LogP contribution in [0, 0.1) is 89.8 Å². The molecule has 0 radical (unpaired) electrons. The third kappa shape index (κ3) is 23.4. The van der Waals surface area contributed by atoms with Crippen molar-refractivity contribution in [3.8, 4) is 34.8 Å². The van der Waals surface area contributed by atoms with Crippen molar-refractivity contribution < 1.29 is 28.5 Å². The zero-order chi connectivity index (χ0) is 69.9. The van der Waals surface area contributed by atoms with Crippen LogP contribution in [0.3, 0.4) is 0 Å². The molecule has 0 saturated carbocycles. The minimum atomic E-state index is -1.18. The molecular weight excluding hydrogens is 1170 g/mol. The zero-order valence-corrected chi connectivity index (χ0v) is 65.5. The summed E-state index contributed by atoms with van der Waals surface area (Å²) < 4.78 is 37.2. The monoisotopic (exact) mass is 1310 g/mol. The van der Waals surface area contributed by atoms with Crippen LogP contribution in [-0.2, 0) is 22.4 Å². The maximum absolute atomic E-state index is 15.1. The van der Waals surface area contributed by atoms with Crippen molar-refractivity contribution >= 4 is 5.78 Å². The first-order chi connectivity index (χ1) is 44.8.